The van der Waals surface area contributed by atoms with Crippen molar-refractivity contribution >= 4 is 21.8 Å². The number of para-hydroxylation sites is 1. The molecular weight excluding hydrogens is 466 g/mol. The summed E-state index contributed by atoms with van der Waals surface area (Å²) in [6.45, 7) is 1.43. The molecule has 2 aromatic heterocycles. The minimum absolute atomic E-state index is 0.177. The van der Waals surface area contributed by atoms with Crippen LogP contribution in [0.15, 0.2) is 69.1 Å². The van der Waals surface area contributed by atoms with Crippen LogP contribution in [0.4, 0.5) is 0 Å². The van der Waals surface area contributed by atoms with Crippen LogP contribution in [0.1, 0.15) is 5.82 Å². The number of sulfonamides is 1. The van der Waals surface area contributed by atoms with Crippen LogP contribution in [0, 0.1) is 0 Å². The molecule has 0 N–H and O–H groups in total. The zero-order valence-electron chi connectivity index (χ0n) is 17.3. The van der Waals surface area contributed by atoms with Gasteiger partial charge in [0.2, 0.25) is 15.9 Å². The summed E-state index contributed by atoms with van der Waals surface area (Å²) in [7, 11) is -3.62. The highest BCUT2D eigenvalue weighted by molar-refractivity contribution is 7.98. The molecule has 170 valence electrons. The van der Waals surface area contributed by atoms with Crippen LogP contribution in [0.5, 0.6) is 0 Å². The second-order valence-electron chi connectivity index (χ2n) is 7.05. The van der Waals surface area contributed by atoms with Crippen LogP contribution >= 0.6 is 11.8 Å². The molecule has 2 aromatic carbocycles. The van der Waals surface area contributed by atoms with Gasteiger partial charge in [-0.05, 0) is 40.8 Å². The Morgan fingerprint density at radius 2 is 1.79 bits per heavy atom. The molecule has 1 saturated heterocycles. The normalized spacial score (nSPS) is 15.0. The van der Waals surface area contributed by atoms with Crippen LogP contribution in [-0.2, 0) is 20.5 Å². The van der Waals surface area contributed by atoms with E-state index in [1.54, 1.807) is 28.9 Å². The number of hydrogen-bond acceptors (Lipinski definition) is 10. The molecule has 0 bridgehead atoms. The average molecular weight is 486 g/mol. The van der Waals surface area contributed by atoms with E-state index < -0.39 is 10.0 Å². The quantitative estimate of drug-likeness (QED) is 0.358. The fourth-order valence-electron chi connectivity index (χ4n) is 3.30. The summed E-state index contributed by atoms with van der Waals surface area (Å²) >= 11 is 1.29. The zero-order chi connectivity index (χ0) is 22.7. The Bertz CT molecular complexity index is 1340. The van der Waals surface area contributed by atoms with E-state index in [1.807, 2.05) is 30.3 Å². The van der Waals surface area contributed by atoms with Crippen molar-refractivity contribution in [3.8, 4) is 17.1 Å². The van der Waals surface area contributed by atoms with Gasteiger partial charge in [-0.2, -0.15) is 8.99 Å². The molecule has 13 heteroatoms. The van der Waals surface area contributed by atoms with Gasteiger partial charge < -0.3 is 9.15 Å². The maximum atomic E-state index is 12.9. The zero-order valence-corrected chi connectivity index (χ0v) is 18.9. The van der Waals surface area contributed by atoms with Crippen LogP contribution < -0.4 is 0 Å². The predicted octanol–water partition coefficient (Wildman–Crippen LogP) is 2.03. The molecule has 0 amide bonds. The number of ether oxygens (including phenoxy) is 1. The van der Waals surface area contributed by atoms with E-state index in [2.05, 4.69) is 25.7 Å². The maximum absolute atomic E-state index is 12.9. The molecule has 5 rings (SSSR count). The van der Waals surface area contributed by atoms with E-state index >= 15 is 0 Å². The highest BCUT2D eigenvalue weighted by Crippen LogP contribution is 2.28. The first-order valence-electron chi connectivity index (χ1n) is 10.1. The first kappa shape index (κ1) is 21.7. The number of benzene rings is 2. The molecule has 0 atom stereocenters. The average Bonchev–Trinajstić information content (AvgIpc) is 3.54. The molecule has 0 unspecified atom stereocenters. The van der Waals surface area contributed by atoms with Crippen molar-refractivity contribution < 1.29 is 17.6 Å². The lowest BCUT2D eigenvalue weighted by Gasteiger charge is -2.26. The molecule has 0 aliphatic carbocycles. The van der Waals surface area contributed by atoms with E-state index in [4.69, 9.17) is 9.15 Å². The van der Waals surface area contributed by atoms with E-state index in [0.29, 0.717) is 48.7 Å². The van der Waals surface area contributed by atoms with Gasteiger partial charge in [-0.15, -0.1) is 15.3 Å². The summed E-state index contributed by atoms with van der Waals surface area (Å²) < 4.78 is 40.0. The monoisotopic (exact) mass is 485 g/mol. The summed E-state index contributed by atoms with van der Waals surface area (Å²) in [6, 6.07) is 16.1. The molecule has 11 nitrogen and oxygen atoms in total. The smallest absolute Gasteiger partial charge is 0.277 e. The number of nitrogens with zero attached hydrogens (tertiary/aromatic N) is 7. The summed E-state index contributed by atoms with van der Waals surface area (Å²) in [6.07, 6.45) is 0. The molecular formula is C20H19N7O4S2. The molecule has 1 aliphatic heterocycles. The Kier molecular flexibility index (Phi) is 6.17. The van der Waals surface area contributed by atoms with Crippen LogP contribution in [0.2, 0.25) is 0 Å². The molecule has 4 aromatic rings. The van der Waals surface area contributed by atoms with Crippen LogP contribution in [0.25, 0.3) is 17.1 Å². The van der Waals surface area contributed by atoms with Crippen molar-refractivity contribution in [1.29, 1.82) is 0 Å². The number of rotatable bonds is 7. The van der Waals surface area contributed by atoms with Gasteiger partial charge in [0.15, 0.2) is 5.82 Å². The minimum Gasteiger partial charge on any atom is -0.411 e. The Balaban J connectivity index is 1.31. The lowest BCUT2D eigenvalue weighted by atomic mass is 10.2. The van der Waals surface area contributed by atoms with Crippen molar-refractivity contribution in [3.05, 3.63) is 60.4 Å². The van der Waals surface area contributed by atoms with Crippen molar-refractivity contribution in [2.45, 2.75) is 15.9 Å². The molecule has 1 aliphatic rings. The third-order valence-electron chi connectivity index (χ3n) is 4.95. The second-order valence-corrected chi connectivity index (χ2v) is 9.91. The van der Waals surface area contributed by atoms with Gasteiger partial charge in [-0.1, -0.05) is 36.0 Å². The van der Waals surface area contributed by atoms with Gasteiger partial charge >= 0.3 is 0 Å². The highest BCUT2D eigenvalue weighted by atomic mass is 32.2. The summed E-state index contributed by atoms with van der Waals surface area (Å²) in [5.74, 6) is 1.28. The van der Waals surface area contributed by atoms with Crippen molar-refractivity contribution in [2.75, 3.05) is 26.3 Å². The molecule has 0 radical (unpaired) electrons. The predicted molar refractivity (Wildman–Crippen MR) is 118 cm³/mol. The standard InChI is InChI=1S/C20H19N7O4S2/c28-33(29,26-9-11-30-12-10-26)17-8-4-5-15(13-17)19-22-23-20(31-19)32-14-18-21-24-25-27(18)16-6-2-1-3-7-16/h1-8,13H,9-12,14H2. The van der Waals surface area contributed by atoms with E-state index in [9.17, 15) is 8.42 Å². The SMILES string of the molecule is O=S(=O)(c1cccc(-c2nnc(SCc3nnnn3-c3ccccc3)o2)c1)N1CCOCC1. The fraction of sp³-hybridized carbons (Fsp3) is 0.250. The van der Waals surface area contributed by atoms with E-state index in [-0.39, 0.29) is 10.8 Å². The van der Waals surface area contributed by atoms with E-state index in [1.165, 1.54) is 16.1 Å². The highest BCUT2D eigenvalue weighted by Gasteiger charge is 2.27. The third kappa shape index (κ3) is 4.66. The first-order chi connectivity index (χ1) is 16.1. The molecule has 0 spiro atoms. The molecule has 0 saturated carbocycles. The summed E-state index contributed by atoms with van der Waals surface area (Å²) in [4.78, 5) is 0.177. The number of thioether (sulfide) groups is 1. The van der Waals surface area contributed by atoms with E-state index in [0.717, 1.165) is 5.69 Å². The van der Waals surface area contributed by atoms with Gasteiger partial charge in [0.1, 0.15) is 0 Å². The summed E-state index contributed by atoms with van der Waals surface area (Å²) in [5, 5.41) is 20.3. The van der Waals surface area contributed by atoms with Crippen molar-refractivity contribution in [2.24, 2.45) is 0 Å². The Morgan fingerprint density at radius 3 is 2.61 bits per heavy atom. The topological polar surface area (TPSA) is 129 Å². The van der Waals surface area contributed by atoms with Gasteiger partial charge in [0.05, 0.1) is 29.5 Å². The first-order valence-corrected chi connectivity index (χ1v) is 12.5. The Morgan fingerprint density at radius 1 is 0.970 bits per heavy atom. The third-order valence-corrected chi connectivity index (χ3v) is 7.66. The molecule has 3 heterocycles. The Hall–Kier alpha value is -3.13. The van der Waals surface area contributed by atoms with Gasteiger partial charge in [-0.25, -0.2) is 8.42 Å². The minimum atomic E-state index is -3.62. The number of morpholine rings is 1. The Labute approximate surface area is 193 Å². The number of hydrogen-bond donors (Lipinski definition) is 0. The largest absolute Gasteiger partial charge is 0.411 e. The van der Waals surface area contributed by atoms with Gasteiger partial charge in [0.25, 0.3) is 5.22 Å². The number of aromatic nitrogens is 6. The van der Waals surface area contributed by atoms with Crippen LogP contribution in [0.3, 0.4) is 0 Å². The lowest BCUT2D eigenvalue weighted by molar-refractivity contribution is 0.0730. The van der Waals surface area contributed by atoms with Crippen molar-refractivity contribution in [3.63, 3.8) is 0 Å². The second kappa shape index (κ2) is 9.39. The number of tetrazole rings is 1. The summed E-state index contributed by atoms with van der Waals surface area (Å²) in [5.41, 5.74) is 1.38. The molecule has 1 fully saturated rings. The fourth-order valence-corrected chi connectivity index (χ4v) is 5.43. The van der Waals surface area contributed by atoms with Gasteiger partial charge in [-0.3, -0.25) is 0 Å². The maximum Gasteiger partial charge on any atom is 0.277 e. The lowest BCUT2D eigenvalue weighted by Crippen LogP contribution is -2.40. The van der Waals surface area contributed by atoms with Gasteiger partial charge in [0, 0.05) is 18.7 Å². The molecule has 33 heavy (non-hydrogen) atoms. The van der Waals surface area contributed by atoms with Crippen LogP contribution in [-0.4, -0.2) is 69.4 Å². The van der Waals surface area contributed by atoms with Crippen molar-refractivity contribution in [1.82, 2.24) is 34.7 Å².